The highest BCUT2D eigenvalue weighted by atomic mass is 32.1. The van der Waals surface area contributed by atoms with Gasteiger partial charge in [0.15, 0.2) is 12.0 Å². The van der Waals surface area contributed by atoms with Crippen molar-refractivity contribution < 1.29 is 14.3 Å². The smallest absolute Gasteiger partial charge is 0.344 e. The lowest BCUT2D eigenvalue weighted by atomic mass is 10.2. The molecule has 0 aliphatic heterocycles. The Morgan fingerprint density at radius 3 is 2.67 bits per heavy atom. The second-order valence-corrected chi connectivity index (χ2v) is 6.67. The van der Waals surface area contributed by atoms with E-state index in [1.165, 1.54) is 0 Å². The van der Waals surface area contributed by atoms with Gasteiger partial charge in [-0.2, -0.15) is 0 Å². The van der Waals surface area contributed by atoms with E-state index in [1.54, 1.807) is 23.5 Å². The summed E-state index contributed by atoms with van der Waals surface area (Å²) in [5.74, 6) is 0.0799. The van der Waals surface area contributed by atoms with Crippen molar-refractivity contribution in [3.8, 4) is 5.75 Å². The van der Waals surface area contributed by atoms with Crippen molar-refractivity contribution in [1.29, 1.82) is 0 Å². The van der Waals surface area contributed by atoms with E-state index in [0.29, 0.717) is 16.5 Å². The van der Waals surface area contributed by atoms with Crippen molar-refractivity contribution in [2.45, 2.75) is 26.4 Å². The van der Waals surface area contributed by atoms with Gasteiger partial charge < -0.3 is 9.47 Å². The third-order valence-corrected chi connectivity index (χ3v) is 4.96. The molecule has 0 bridgehead atoms. The summed E-state index contributed by atoms with van der Waals surface area (Å²) < 4.78 is 12.5. The van der Waals surface area contributed by atoms with E-state index in [2.05, 4.69) is 0 Å². The van der Waals surface area contributed by atoms with E-state index < -0.39 is 5.97 Å². The van der Waals surface area contributed by atoms with Crippen molar-refractivity contribution in [3.63, 3.8) is 0 Å². The summed E-state index contributed by atoms with van der Waals surface area (Å²) in [6, 6.07) is 12.8. The van der Waals surface area contributed by atoms with Crippen LogP contribution < -0.4 is 10.2 Å². The minimum Gasteiger partial charge on any atom is -0.482 e. The highest BCUT2D eigenvalue weighted by Gasteiger charge is 2.10. The monoisotopic (exact) mass is 342 g/mol. The molecule has 5 heteroatoms. The van der Waals surface area contributed by atoms with Gasteiger partial charge in [-0.25, -0.2) is 4.79 Å². The van der Waals surface area contributed by atoms with Crippen molar-refractivity contribution in [2.75, 3.05) is 6.61 Å². The van der Waals surface area contributed by atoms with Gasteiger partial charge in [0.05, 0.1) is 6.10 Å². The molecule has 1 unspecified atom stereocenters. The molecule has 4 nitrogen and oxygen atoms in total. The van der Waals surface area contributed by atoms with E-state index in [9.17, 15) is 9.59 Å². The van der Waals surface area contributed by atoms with E-state index in [1.807, 2.05) is 44.2 Å². The third-order valence-electron chi connectivity index (χ3n) is 3.81. The molecule has 2 aromatic carbocycles. The Labute approximate surface area is 143 Å². The van der Waals surface area contributed by atoms with E-state index >= 15 is 0 Å². The Kier molecular flexibility index (Phi) is 4.81. The van der Waals surface area contributed by atoms with Gasteiger partial charge in [0, 0.05) is 20.2 Å². The first-order valence-corrected chi connectivity index (χ1v) is 8.68. The summed E-state index contributed by atoms with van der Waals surface area (Å²) in [4.78, 5) is 24.3. The van der Waals surface area contributed by atoms with Gasteiger partial charge in [-0.05, 0) is 43.7 Å². The summed E-state index contributed by atoms with van der Waals surface area (Å²) in [7, 11) is 0. The predicted octanol–water partition coefficient (Wildman–Crippen LogP) is 4.14. The zero-order valence-corrected chi connectivity index (χ0v) is 14.4. The molecular formula is C19H18O4S. The van der Waals surface area contributed by atoms with Gasteiger partial charge in [-0.1, -0.05) is 19.1 Å². The van der Waals surface area contributed by atoms with Crippen LogP contribution in [0.25, 0.3) is 20.2 Å². The molecule has 0 radical (unpaired) electrons. The Bertz CT molecular complexity index is 945. The normalized spacial score (nSPS) is 12.2. The number of esters is 1. The van der Waals surface area contributed by atoms with E-state index in [0.717, 1.165) is 15.8 Å². The van der Waals surface area contributed by atoms with Gasteiger partial charge in [0.2, 0.25) is 0 Å². The Balaban J connectivity index is 1.86. The summed E-state index contributed by atoms with van der Waals surface area (Å²) in [5, 5.41) is 1.30. The topological polar surface area (TPSA) is 52.6 Å². The maximum Gasteiger partial charge on any atom is 0.344 e. The number of benzene rings is 2. The molecule has 0 amide bonds. The maximum absolute atomic E-state index is 12.6. The Morgan fingerprint density at radius 1 is 1.12 bits per heavy atom. The van der Waals surface area contributed by atoms with Gasteiger partial charge in [0.1, 0.15) is 5.75 Å². The largest absolute Gasteiger partial charge is 0.482 e. The molecule has 0 aliphatic rings. The molecule has 0 aliphatic carbocycles. The molecule has 0 spiro atoms. The van der Waals surface area contributed by atoms with Crippen molar-refractivity contribution >= 4 is 37.5 Å². The average Bonchev–Trinajstić information content (AvgIpc) is 2.60. The first kappa shape index (κ1) is 16.5. The van der Waals surface area contributed by atoms with Crippen LogP contribution in [-0.2, 0) is 9.53 Å². The summed E-state index contributed by atoms with van der Waals surface area (Å²) in [6.07, 6.45) is 0.634. The lowest BCUT2D eigenvalue weighted by molar-refractivity contribution is -0.150. The van der Waals surface area contributed by atoms with Crippen LogP contribution in [0.3, 0.4) is 0 Å². The van der Waals surface area contributed by atoms with Crippen LogP contribution in [0.15, 0.2) is 47.3 Å². The number of fused-ring (bicyclic) bond motifs is 2. The SMILES string of the molecule is CCC(C)OC(=O)COc1ccc2sc3ccccc3c(=O)c2c1. The molecule has 24 heavy (non-hydrogen) atoms. The molecule has 1 atom stereocenters. The van der Waals surface area contributed by atoms with Gasteiger partial charge >= 0.3 is 5.97 Å². The van der Waals surface area contributed by atoms with Crippen LogP contribution in [0.5, 0.6) is 5.75 Å². The average molecular weight is 342 g/mol. The van der Waals surface area contributed by atoms with Crippen LogP contribution in [0.2, 0.25) is 0 Å². The fraction of sp³-hybridized carbons (Fsp3) is 0.263. The van der Waals surface area contributed by atoms with Crippen LogP contribution in [-0.4, -0.2) is 18.7 Å². The number of ether oxygens (including phenoxy) is 2. The number of hydrogen-bond acceptors (Lipinski definition) is 5. The third kappa shape index (κ3) is 3.41. The van der Waals surface area contributed by atoms with Crippen molar-refractivity contribution in [1.82, 2.24) is 0 Å². The van der Waals surface area contributed by atoms with E-state index in [4.69, 9.17) is 9.47 Å². The first-order chi connectivity index (χ1) is 11.6. The van der Waals surface area contributed by atoms with Crippen molar-refractivity contribution in [2.24, 2.45) is 0 Å². The number of carbonyl (C=O) groups excluding carboxylic acids is 1. The lowest BCUT2D eigenvalue weighted by Gasteiger charge is -2.11. The minimum atomic E-state index is -0.409. The Hall–Kier alpha value is -2.40. The fourth-order valence-electron chi connectivity index (χ4n) is 2.36. The molecular weight excluding hydrogens is 324 g/mol. The maximum atomic E-state index is 12.6. The molecule has 3 aromatic rings. The molecule has 3 rings (SSSR count). The van der Waals surface area contributed by atoms with Crippen LogP contribution in [0.4, 0.5) is 0 Å². The van der Waals surface area contributed by atoms with Gasteiger partial charge in [0.25, 0.3) is 0 Å². The number of rotatable bonds is 5. The second kappa shape index (κ2) is 7.01. The molecule has 1 heterocycles. The van der Waals surface area contributed by atoms with Crippen LogP contribution in [0, 0.1) is 0 Å². The lowest BCUT2D eigenvalue weighted by Crippen LogP contribution is -2.20. The van der Waals surface area contributed by atoms with E-state index in [-0.39, 0.29) is 18.1 Å². The Morgan fingerprint density at radius 2 is 1.88 bits per heavy atom. The zero-order chi connectivity index (χ0) is 17.1. The van der Waals surface area contributed by atoms with Crippen molar-refractivity contribution in [3.05, 3.63) is 52.7 Å². The highest BCUT2D eigenvalue weighted by molar-refractivity contribution is 7.24. The summed E-state index contributed by atoms with van der Waals surface area (Å²) in [5.41, 5.74) is -0.0213. The predicted molar refractivity (Wildman–Crippen MR) is 96.9 cm³/mol. The molecule has 0 saturated heterocycles. The fourth-order valence-corrected chi connectivity index (χ4v) is 3.41. The second-order valence-electron chi connectivity index (χ2n) is 5.58. The number of carbonyl (C=O) groups is 1. The highest BCUT2D eigenvalue weighted by Crippen LogP contribution is 2.27. The van der Waals surface area contributed by atoms with Gasteiger partial charge in [-0.3, -0.25) is 4.79 Å². The van der Waals surface area contributed by atoms with Crippen LogP contribution >= 0.6 is 11.3 Å². The summed E-state index contributed by atoms with van der Waals surface area (Å²) >= 11 is 1.56. The first-order valence-electron chi connectivity index (χ1n) is 7.86. The molecule has 0 fully saturated rings. The zero-order valence-electron chi connectivity index (χ0n) is 13.6. The molecule has 0 saturated carbocycles. The quantitative estimate of drug-likeness (QED) is 0.517. The standard InChI is InChI=1S/C19H18O4S/c1-3-12(2)23-18(20)11-22-13-8-9-17-15(10-13)19(21)14-6-4-5-7-16(14)24-17/h4-10,12H,3,11H2,1-2H3. The molecule has 124 valence electrons. The number of hydrogen-bond donors (Lipinski definition) is 0. The molecule has 0 N–H and O–H groups in total. The minimum absolute atomic E-state index is 0.0213. The summed E-state index contributed by atoms with van der Waals surface area (Å²) in [6.45, 7) is 3.62. The van der Waals surface area contributed by atoms with Gasteiger partial charge in [-0.15, -0.1) is 11.3 Å². The van der Waals surface area contributed by atoms with Crippen LogP contribution in [0.1, 0.15) is 20.3 Å². The molecule has 1 aromatic heterocycles.